The summed E-state index contributed by atoms with van der Waals surface area (Å²) in [7, 11) is 0. The van der Waals surface area contributed by atoms with E-state index in [0.717, 1.165) is 71.0 Å². The first-order chi connectivity index (χ1) is 14.7. The van der Waals surface area contributed by atoms with Crippen molar-refractivity contribution < 1.29 is 23.8 Å². The summed E-state index contributed by atoms with van der Waals surface area (Å²) in [4.78, 5) is 30.4. The zero-order valence-electron chi connectivity index (χ0n) is 20.2. The first-order valence-electron chi connectivity index (χ1n) is 12.3. The highest BCUT2D eigenvalue weighted by Gasteiger charge is 2.57. The van der Waals surface area contributed by atoms with Crippen molar-refractivity contribution in [2.45, 2.75) is 110 Å². The van der Waals surface area contributed by atoms with Crippen LogP contribution < -0.4 is 0 Å². The monoisotopic (exact) mass is 438 g/mol. The zero-order valence-corrected chi connectivity index (χ0v) is 20.2. The molecule has 0 radical (unpaired) electrons. The zero-order chi connectivity index (χ0) is 22.6. The van der Waals surface area contributed by atoms with Crippen LogP contribution in [0.3, 0.4) is 0 Å². The molecular weight excluding hydrogens is 396 g/mol. The summed E-state index contributed by atoms with van der Waals surface area (Å²) in [5, 5.41) is 0. The maximum Gasteiger partial charge on any atom is 0.371 e. The Hall–Kier alpha value is -1.18. The third kappa shape index (κ3) is 5.60. The van der Waals surface area contributed by atoms with Crippen molar-refractivity contribution in [3.05, 3.63) is 0 Å². The van der Waals surface area contributed by atoms with Crippen LogP contribution in [0.2, 0.25) is 0 Å². The third-order valence-corrected chi connectivity index (χ3v) is 6.77. The minimum atomic E-state index is -1.18. The van der Waals surface area contributed by atoms with Gasteiger partial charge in [0.2, 0.25) is 0 Å². The molecule has 178 valence electrons. The molecule has 7 nitrogen and oxygen atoms in total. The van der Waals surface area contributed by atoms with E-state index in [0.29, 0.717) is 6.61 Å². The summed E-state index contributed by atoms with van der Waals surface area (Å²) in [6, 6.07) is 0.254. The summed E-state index contributed by atoms with van der Waals surface area (Å²) >= 11 is 0. The summed E-state index contributed by atoms with van der Waals surface area (Å²) < 4.78 is 18.0. The molecule has 3 fully saturated rings. The second-order valence-corrected chi connectivity index (χ2v) is 10.3. The number of carbonyl (C=O) groups is 2. The van der Waals surface area contributed by atoms with Gasteiger partial charge in [-0.15, -0.1) is 0 Å². The molecule has 0 N–H and O–H groups in total. The molecule has 0 bridgehead atoms. The van der Waals surface area contributed by atoms with Crippen LogP contribution in [0.15, 0.2) is 0 Å². The number of nitrogens with zero attached hydrogens (tertiary/aromatic N) is 2. The van der Waals surface area contributed by atoms with Gasteiger partial charge in [0.15, 0.2) is 0 Å². The Balaban J connectivity index is 1.84. The predicted molar refractivity (Wildman–Crippen MR) is 118 cm³/mol. The van der Waals surface area contributed by atoms with Gasteiger partial charge in [0.05, 0.1) is 18.6 Å². The van der Waals surface area contributed by atoms with E-state index in [1.165, 1.54) is 0 Å². The Bertz CT molecular complexity index is 620. The fourth-order valence-corrected chi connectivity index (χ4v) is 5.28. The highest BCUT2D eigenvalue weighted by Crippen LogP contribution is 2.39. The molecule has 0 aromatic heterocycles. The summed E-state index contributed by atoms with van der Waals surface area (Å²) in [6.07, 6.45) is 7.14. The van der Waals surface area contributed by atoms with Gasteiger partial charge in [0.25, 0.3) is 5.85 Å². The van der Waals surface area contributed by atoms with E-state index in [4.69, 9.17) is 14.2 Å². The Morgan fingerprint density at radius 3 is 2.10 bits per heavy atom. The lowest BCUT2D eigenvalue weighted by atomic mass is 9.87. The lowest BCUT2D eigenvalue weighted by Gasteiger charge is -2.49. The average molecular weight is 439 g/mol. The van der Waals surface area contributed by atoms with Gasteiger partial charge in [-0.05, 0) is 86.0 Å². The SMILES string of the molecule is CCOC(=O)[C@H]1CC[C@H](OC(C(=O)OC(C)(C)C)(N2CCCC2)N2CCC[C@@H]2C)CC1. The molecule has 1 saturated carbocycles. The van der Waals surface area contributed by atoms with Gasteiger partial charge in [0.1, 0.15) is 5.60 Å². The maximum absolute atomic E-state index is 13.8. The van der Waals surface area contributed by atoms with Gasteiger partial charge in [-0.25, -0.2) is 4.79 Å². The molecule has 0 amide bonds. The fraction of sp³-hybridized carbons (Fsp3) is 0.917. The molecule has 1 unspecified atom stereocenters. The molecule has 0 spiro atoms. The highest BCUT2D eigenvalue weighted by molar-refractivity contribution is 5.79. The van der Waals surface area contributed by atoms with Crippen LogP contribution in [-0.2, 0) is 23.8 Å². The molecule has 0 aromatic rings. The lowest BCUT2D eigenvalue weighted by Crippen LogP contribution is -2.69. The van der Waals surface area contributed by atoms with E-state index >= 15 is 0 Å². The second kappa shape index (κ2) is 10.2. The fourth-order valence-electron chi connectivity index (χ4n) is 5.28. The number of likely N-dealkylation sites (tertiary alicyclic amines) is 2. The third-order valence-electron chi connectivity index (χ3n) is 6.77. The number of rotatable bonds is 7. The van der Waals surface area contributed by atoms with Gasteiger partial charge in [-0.1, -0.05) is 0 Å². The second-order valence-electron chi connectivity index (χ2n) is 10.3. The van der Waals surface area contributed by atoms with E-state index in [1.54, 1.807) is 0 Å². The minimum absolute atomic E-state index is 0.0618. The van der Waals surface area contributed by atoms with Crippen molar-refractivity contribution in [3.8, 4) is 0 Å². The molecule has 3 rings (SSSR count). The highest BCUT2D eigenvalue weighted by atomic mass is 16.6. The van der Waals surface area contributed by atoms with Crippen molar-refractivity contribution >= 4 is 11.9 Å². The number of esters is 2. The van der Waals surface area contributed by atoms with Crippen molar-refractivity contribution in [2.24, 2.45) is 5.92 Å². The summed E-state index contributed by atoms with van der Waals surface area (Å²) in [6.45, 7) is 12.7. The van der Waals surface area contributed by atoms with Crippen molar-refractivity contribution in [1.29, 1.82) is 0 Å². The van der Waals surface area contributed by atoms with Crippen LogP contribution in [0, 0.1) is 5.92 Å². The standard InChI is InChI=1S/C24H42N2O5/c1-6-29-21(27)19-11-13-20(14-12-19)30-24(25-15-7-8-16-25,22(28)31-23(3,4)5)26-17-9-10-18(26)2/h18-20H,6-17H2,1-5H3/t18-,19-,20-,24?/m0/s1. The van der Waals surface area contributed by atoms with Crippen LogP contribution in [0.4, 0.5) is 0 Å². The Morgan fingerprint density at radius 2 is 1.58 bits per heavy atom. The van der Waals surface area contributed by atoms with E-state index in [1.807, 2.05) is 27.7 Å². The molecule has 7 heteroatoms. The lowest BCUT2D eigenvalue weighted by molar-refractivity contribution is -0.279. The maximum atomic E-state index is 13.8. The number of ether oxygens (including phenoxy) is 3. The number of carbonyl (C=O) groups excluding carboxylic acids is 2. The van der Waals surface area contributed by atoms with Gasteiger partial charge in [-0.2, -0.15) is 0 Å². The largest absolute Gasteiger partial charge is 0.466 e. The van der Waals surface area contributed by atoms with Gasteiger partial charge in [0, 0.05) is 25.7 Å². The van der Waals surface area contributed by atoms with E-state index in [-0.39, 0.29) is 30.0 Å². The molecule has 2 atom stereocenters. The van der Waals surface area contributed by atoms with Crippen LogP contribution in [0.25, 0.3) is 0 Å². The van der Waals surface area contributed by atoms with Crippen molar-refractivity contribution in [2.75, 3.05) is 26.2 Å². The Morgan fingerprint density at radius 1 is 0.935 bits per heavy atom. The van der Waals surface area contributed by atoms with Crippen LogP contribution in [-0.4, -0.2) is 71.6 Å². The van der Waals surface area contributed by atoms with Gasteiger partial charge >= 0.3 is 11.9 Å². The molecule has 31 heavy (non-hydrogen) atoms. The quantitative estimate of drug-likeness (QED) is 0.561. The molecule has 0 aromatic carbocycles. The van der Waals surface area contributed by atoms with Gasteiger partial charge < -0.3 is 14.2 Å². The van der Waals surface area contributed by atoms with E-state index in [9.17, 15) is 9.59 Å². The first-order valence-corrected chi connectivity index (χ1v) is 12.3. The molecular formula is C24H42N2O5. The van der Waals surface area contributed by atoms with Crippen LogP contribution in [0.1, 0.15) is 86.0 Å². The minimum Gasteiger partial charge on any atom is -0.466 e. The van der Waals surface area contributed by atoms with Crippen LogP contribution in [0.5, 0.6) is 0 Å². The topological polar surface area (TPSA) is 68.3 Å². The molecule has 2 heterocycles. The van der Waals surface area contributed by atoms with E-state index in [2.05, 4.69) is 16.7 Å². The van der Waals surface area contributed by atoms with Crippen molar-refractivity contribution in [3.63, 3.8) is 0 Å². The number of hydrogen-bond acceptors (Lipinski definition) is 7. The smallest absolute Gasteiger partial charge is 0.371 e. The first kappa shape index (κ1) is 24.5. The average Bonchev–Trinajstić information content (AvgIpc) is 3.38. The Labute approximate surface area is 187 Å². The normalized spacial score (nSPS) is 30.2. The van der Waals surface area contributed by atoms with Crippen LogP contribution >= 0.6 is 0 Å². The predicted octanol–water partition coefficient (Wildman–Crippen LogP) is 3.70. The van der Waals surface area contributed by atoms with Gasteiger partial charge in [-0.3, -0.25) is 14.6 Å². The molecule has 2 aliphatic heterocycles. The molecule has 2 saturated heterocycles. The Kier molecular flexibility index (Phi) is 8.03. The molecule has 3 aliphatic rings. The number of hydrogen-bond donors (Lipinski definition) is 0. The van der Waals surface area contributed by atoms with E-state index < -0.39 is 11.4 Å². The molecule has 1 aliphatic carbocycles. The summed E-state index contributed by atoms with van der Waals surface area (Å²) in [5.41, 5.74) is -0.587. The van der Waals surface area contributed by atoms with Crippen molar-refractivity contribution in [1.82, 2.24) is 9.80 Å². The summed E-state index contributed by atoms with van der Waals surface area (Å²) in [5.74, 6) is -1.63.